The number of aliphatic carboxylic acids is 1. The summed E-state index contributed by atoms with van der Waals surface area (Å²) in [5, 5.41) is 11.1. The number of rotatable bonds is 7. The van der Waals surface area contributed by atoms with E-state index in [1.165, 1.54) is 0 Å². The van der Waals surface area contributed by atoms with Gasteiger partial charge in [0.05, 0.1) is 0 Å². The SMILES string of the molecule is CCC(CNC(=O)N(CC(F)(F)F)C1CC1)CC(=O)O. The van der Waals surface area contributed by atoms with E-state index in [9.17, 15) is 22.8 Å². The quantitative estimate of drug-likeness (QED) is 0.757. The van der Waals surface area contributed by atoms with Gasteiger partial charge in [-0.3, -0.25) is 4.79 Å². The predicted molar refractivity (Wildman–Crippen MR) is 65.2 cm³/mol. The second kappa shape index (κ2) is 6.81. The summed E-state index contributed by atoms with van der Waals surface area (Å²) < 4.78 is 37.2. The van der Waals surface area contributed by atoms with Gasteiger partial charge in [-0.05, 0) is 18.8 Å². The molecule has 0 aliphatic heterocycles. The molecular formula is C12H19F3N2O3. The van der Waals surface area contributed by atoms with Gasteiger partial charge in [0, 0.05) is 19.0 Å². The molecule has 1 rings (SSSR count). The Bertz CT molecular complexity index is 356. The Morgan fingerprint density at radius 1 is 1.40 bits per heavy atom. The maximum absolute atomic E-state index is 12.4. The molecule has 2 N–H and O–H groups in total. The number of carbonyl (C=O) groups excluding carboxylic acids is 1. The van der Waals surface area contributed by atoms with Crippen molar-refractivity contribution >= 4 is 12.0 Å². The van der Waals surface area contributed by atoms with Crippen LogP contribution in [0, 0.1) is 5.92 Å². The van der Waals surface area contributed by atoms with Crippen LogP contribution in [-0.2, 0) is 4.79 Å². The van der Waals surface area contributed by atoms with Crippen LogP contribution < -0.4 is 5.32 Å². The van der Waals surface area contributed by atoms with E-state index in [1.807, 2.05) is 0 Å². The molecule has 0 saturated heterocycles. The number of carboxylic acid groups (broad SMARTS) is 1. The number of amides is 2. The average molecular weight is 296 g/mol. The lowest BCUT2D eigenvalue weighted by Crippen LogP contribution is -2.47. The van der Waals surface area contributed by atoms with E-state index < -0.39 is 24.7 Å². The molecule has 116 valence electrons. The molecule has 1 saturated carbocycles. The Hall–Kier alpha value is -1.47. The molecule has 0 aromatic rings. The third-order valence-electron chi connectivity index (χ3n) is 3.18. The van der Waals surface area contributed by atoms with Crippen molar-refractivity contribution in [3.63, 3.8) is 0 Å². The Balaban J connectivity index is 2.47. The first-order chi connectivity index (χ1) is 9.23. The molecule has 1 aliphatic carbocycles. The number of halogens is 3. The fourth-order valence-electron chi connectivity index (χ4n) is 1.89. The summed E-state index contributed by atoms with van der Waals surface area (Å²) in [6.45, 7) is 0.579. The lowest BCUT2D eigenvalue weighted by atomic mass is 10.0. The first kappa shape index (κ1) is 16.6. The number of urea groups is 1. The van der Waals surface area contributed by atoms with Crippen molar-refractivity contribution in [2.45, 2.75) is 44.8 Å². The summed E-state index contributed by atoms with van der Waals surface area (Å²) in [5.74, 6) is -1.26. The van der Waals surface area contributed by atoms with Crippen LogP contribution in [0.4, 0.5) is 18.0 Å². The highest BCUT2D eigenvalue weighted by Crippen LogP contribution is 2.30. The Labute approximate surface area is 115 Å². The van der Waals surface area contributed by atoms with Crippen LogP contribution in [0.3, 0.4) is 0 Å². The molecule has 0 aromatic heterocycles. The van der Waals surface area contributed by atoms with Crippen molar-refractivity contribution in [1.82, 2.24) is 10.2 Å². The van der Waals surface area contributed by atoms with Crippen molar-refractivity contribution in [3.8, 4) is 0 Å². The molecule has 2 amide bonds. The van der Waals surface area contributed by atoms with Gasteiger partial charge >= 0.3 is 18.2 Å². The van der Waals surface area contributed by atoms with Crippen LogP contribution in [0.5, 0.6) is 0 Å². The average Bonchev–Trinajstić information content (AvgIpc) is 3.13. The smallest absolute Gasteiger partial charge is 0.406 e. The number of nitrogens with zero attached hydrogens (tertiary/aromatic N) is 1. The van der Waals surface area contributed by atoms with E-state index in [0.717, 1.165) is 4.90 Å². The maximum atomic E-state index is 12.4. The van der Waals surface area contributed by atoms with E-state index in [0.29, 0.717) is 19.3 Å². The zero-order chi connectivity index (χ0) is 15.3. The van der Waals surface area contributed by atoms with Gasteiger partial charge in [-0.25, -0.2) is 4.79 Å². The first-order valence-corrected chi connectivity index (χ1v) is 6.56. The van der Waals surface area contributed by atoms with Crippen LogP contribution in [-0.4, -0.2) is 47.3 Å². The second-order valence-electron chi connectivity index (χ2n) is 5.03. The number of carboxylic acids is 1. The summed E-state index contributed by atoms with van der Waals surface area (Å²) in [4.78, 5) is 23.1. The lowest BCUT2D eigenvalue weighted by Gasteiger charge is -2.25. The van der Waals surface area contributed by atoms with Gasteiger partial charge in [0.15, 0.2) is 0 Å². The molecule has 0 heterocycles. The summed E-state index contributed by atoms with van der Waals surface area (Å²) in [6.07, 6.45) is -2.84. The number of hydrogen-bond acceptors (Lipinski definition) is 2. The highest BCUT2D eigenvalue weighted by molar-refractivity contribution is 5.75. The van der Waals surface area contributed by atoms with E-state index in [-0.39, 0.29) is 24.9 Å². The Morgan fingerprint density at radius 3 is 2.40 bits per heavy atom. The van der Waals surface area contributed by atoms with Gasteiger partial charge < -0.3 is 15.3 Å². The third-order valence-corrected chi connectivity index (χ3v) is 3.18. The molecule has 1 aliphatic rings. The van der Waals surface area contributed by atoms with Crippen molar-refractivity contribution in [3.05, 3.63) is 0 Å². The lowest BCUT2D eigenvalue weighted by molar-refractivity contribution is -0.141. The minimum Gasteiger partial charge on any atom is -0.481 e. The van der Waals surface area contributed by atoms with Gasteiger partial charge in [-0.15, -0.1) is 0 Å². The Morgan fingerprint density at radius 2 is 2.00 bits per heavy atom. The van der Waals surface area contributed by atoms with Crippen LogP contribution in [0.2, 0.25) is 0 Å². The van der Waals surface area contributed by atoms with Gasteiger partial charge in [0.2, 0.25) is 0 Å². The molecule has 1 unspecified atom stereocenters. The van der Waals surface area contributed by atoms with Crippen molar-refractivity contribution < 1.29 is 27.9 Å². The molecule has 20 heavy (non-hydrogen) atoms. The second-order valence-corrected chi connectivity index (χ2v) is 5.03. The van der Waals surface area contributed by atoms with Crippen LogP contribution in [0.25, 0.3) is 0 Å². The highest BCUT2D eigenvalue weighted by Gasteiger charge is 2.40. The number of nitrogens with one attached hydrogen (secondary N) is 1. The fourth-order valence-corrected chi connectivity index (χ4v) is 1.89. The number of hydrogen-bond donors (Lipinski definition) is 2. The van der Waals surface area contributed by atoms with E-state index >= 15 is 0 Å². The topological polar surface area (TPSA) is 69.6 Å². The fraction of sp³-hybridized carbons (Fsp3) is 0.833. The van der Waals surface area contributed by atoms with Crippen LogP contribution >= 0.6 is 0 Å². The van der Waals surface area contributed by atoms with Crippen molar-refractivity contribution in [2.24, 2.45) is 5.92 Å². The molecule has 0 aromatic carbocycles. The van der Waals surface area contributed by atoms with Crippen molar-refractivity contribution in [1.29, 1.82) is 0 Å². The molecule has 0 bridgehead atoms. The third kappa shape index (κ3) is 6.12. The van der Waals surface area contributed by atoms with E-state index in [4.69, 9.17) is 5.11 Å². The normalized spacial score (nSPS) is 16.6. The van der Waals surface area contributed by atoms with Gasteiger partial charge in [0.1, 0.15) is 6.54 Å². The molecule has 8 heteroatoms. The first-order valence-electron chi connectivity index (χ1n) is 6.56. The minimum atomic E-state index is -4.43. The minimum absolute atomic E-state index is 0.0721. The van der Waals surface area contributed by atoms with E-state index in [2.05, 4.69) is 5.32 Å². The van der Waals surface area contributed by atoms with Gasteiger partial charge in [0.25, 0.3) is 0 Å². The molecule has 5 nitrogen and oxygen atoms in total. The zero-order valence-corrected chi connectivity index (χ0v) is 11.2. The highest BCUT2D eigenvalue weighted by atomic mass is 19.4. The molecule has 0 radical (unpaired) electrons. The molecule has 0 spiro atoms. The summed E-state index contributed by atoms with van der Waals surface area (Å²) in [5.41, 5.74) is 0. The Kier molecular flexibility index (Phi) is 5.64. The molecule has 1 atom stereocenters. The van der Waals surface area contributed by atoms with Gasteiger partial charge in [-0.2, -0.15) is 13.2 Å². The predicted octanol–water partition coefficient (Wildman–Crippen LogP) is 2.22. The molecular weight excluding hydrogens is 277 g/mol. The van der Waals surface area contributed by atoms with Crippen LogP contribution in [0.1, 0.15) is 32.6 Å². The maximum Gasteiger partial charge on any atom is 0.406 e. The summed E-state index contributed by atoms with van der Waals surface area (Å²) >= 11 is 0. The largest absolute Gasteiger partial charge is 0.481 e. The molecule has 1 fully saturated rings. The van der Waals surface area contributed by atoms with Crippen molar-refractivity contribution in [2.75, 3.05) is 13.1 Å². The number of alkyl halides is 3. The van der Waals surface area contributed by atoms with Crippen LogP contribution in [0.15, 0.2) is 0 Å². The zero-order valence-electron chi connectivity index (χ0n) is 11.2. The standard InChI is InChI=1S/C12H19F3N2O3/c1-2-8(5-10(18)19)6-16-11(20)17(9-3-4-9)7-12(13,14)15/h8-9H,2-7H2,1H3,(H,16,20)(H,18,19). The van der Waals surface area contributed by atoms with E-state index in [1.54, 1.807) is 6.92 Å². The number of carbonyl (C=O) groups is 2. The summed E-state index contributed by atoms with van der Waals surface area (Å²) in [6, 6.07) is -1.12. The monoisotopic (exact) mass is 296 g/mol. The van der Waals surface area contributed by atoms with Gasteiger partial charge in [-0.1, -0.05) is 13.3 Å². The summed E-state index contributed by atoms with van der Waals surface area (Å²) in [7, 11) is 0.